The van der Waals surface area contributed by atoms with Gasteiger partial charge in [-0.3, -0.25) is 10.1 Å². The van der Waals surface area contributed by atoms with Gasteiger partial charge in [-0.25, -0.2) is 0 Å². The predicted molar refractivity (Wildman–Crippen MR) is 114 cm³/mol. The van der Waals surface area contributed by atoms with Crippen LogP contribution in [-0.4, -0.2) is 73.2 Å². The maximum Gasteiger partial charge on any atom is 0.311 e. The number of nitro groups is 1. The Bertz CT molecular complexity index is 902. The zero-order valence-electron chi connectivity index (χ0n) is 17.6. The van der Waals surface area contributed by atoms with Crippen LogP contribution >= 0.6 is 0 Å². The minimum absolute atomic E-state index is 0.0304. The number of aromatic hydroxyl groups is 2. The number of nitrogens with zero attached hydrogens (tertiary/aromatic N) is 1. The summed E-state index contributed by atoms with van der Waals surface area (Å²) in [6.45, 7) is 1.38. The zero-order chi connectivity index (χ0) is 24.5. The molecule has 0 heterocycles. The maximum atomic E-state index is 10.7. The number of aliphatic hydroxyl groups is 4. The summed E-state index contributed by atoms with van der Waals surface area (Å²) in [6, 6.07) is 7.62. The lowest BCUT2D eigenvalue weighted by atomic mass is 10.1. The molecule has 178 valence electrons. The van der Waals surface area contributed by atoms with Crippen LogP contribution in [0.4, 0.5) is 11.4 Å². The molecule has 0 spiro atoms. The van der Waals surface area contributed by atoms with Gasteiger partial charge in [0.25, 0.3) is 0 Å². The average Bonchev–Trinajstić information content (AvgIpc) is 2.73. The second-order valence-electron chi connectivity index (χ2n) is 7.52. The normalized spacial score (nSPS) is 14.3. The summed E-state index contributed by atoms with van der Waals surface area (Å²) in [5, 5.41) is 65.5. The molecular formula is C20H28N2O10. The average molecular weight is 456 g/mol. The highest BCUT2D eigenvalue weighted by molar-refractivity contribution is 5.55. The molecule has 2 aromatic carbocycles. The molecule has 0 aliphatic heterocycles. The Labute approximate surface area is 183 Å². The largest absolute Gasteiger partial charge is 0.508 e. The van der Waals surface area contributed by atoms with Crippen molar-refractivity contribution in [1.29, 1.82) is 0 Å². The van der Waals surface area contributed by atoms with Crippen molar-refractivity contribution in [2.45, 2.75) is 25.0 Å². The van der Waals surface area contributed by atoms with Crippen molar-refractivity contribution in [3.05, 3.63) is 46.5 Å². The number of rotatable bonds is 9. The van der Waals surface area contributed by atoms with Gasteiger partial charge in [0.1, 0.15) is 41.7 Å². The fraction of sp³-hybridized carbons (Fsp3) is 0.400. The maximum absolute atomic E-state index is 10.7. The summed E-state index contributed by atoms with van der Waals surface area (Å²) in [6.07, 6.45) is 0. The monoisotopic (exact) mass is 456 g/mol. The Morgan fingerprint density at radius 1 is 0.906 bits per heavy atom. The number of aliphatic hydroxyl groups excluding tert-OH is 2. The standard InChI is InChI=1S/C10H13NO6.C10H15NO4/c1-10(14,5-12)6-17-9-4-7(13)2-3-8(9)11(15)16;1-10(14,5-12)6-15-9-4-7(13)2-3-8(9)11/h2-4,12-14H,5-6H2,1H3;2-4,12-14H,5-6,11H2,1H3. The third kappa shape index (κ3) is 8.81. The minimum Gasteiger partial charge on any atom is -0.508 e. The van der Waals surface area contributed by atoms with E-state index >= 15 is 0 Å². The minimum atomic E-state index is -1.50. The molecule has 0 fully saturated rings. The first kappa shape index (κ1) is 26.7. The number of phenolic OH excluding ortho intramolecular Hbond substituents is 2. The van der Waals surface area contributed by atoms with Crippen LogP contribution in [0.5, 0.6) is 23.0 Å². The molecule has 0 bridgehead atoms. The van der Waals surface area contributed by atoms with Gasteiger partial charge in [0.2, 0.25) is 5.75 Å². The van der Waals surface area contributed by atoms with Crippen molar-refractivity contribution in [2.24, 2.45) is 0 Å². The summed E-state index contributed by atoms with van der Waals surface area (Å²) in [5.74, 6) is -0.0375. The Balaban J connectivity index is 0.000000323. The highest BCUT2D eigenvalue weighted by Crippen LogP contribution is 2.31. The van der Waals surface area contributed by atoms with Crippen molar-refractivity contribution in [1.82, 2.24) is 0 Å². The van der Waals surface area contributed by atoms with E-state index in [1.165, 1.54) is 32.0 Å². The van der Waals surface area contributed by atoms with Crippen molar-refractivity contribution >= 4 is 11.4 Å². The molecule has 0 aromatic heterocycles. The fourth-order valence-corrected chi connectivity index (χ4v) is 1.98. The van der Waals surface area contributed by atoms with Crippen LogP contribution in [0.15, 0.2) is 36.4 Å². The number of hydrogen-bond acceptors (Lipinski definition) is 11. The molecule has 0 aliphatic carbocycles. The van der Waals surface area contributed by atoms with Crippen molar-refractivity contribution in [3.63, 3.8) is 0 Å². The van der Waals surface area contributed by atoms with Crippen LogP contribution in [0.3, 0.4) is 0 Å². The molecule has 8 N–H and O–H groups in total. The van der Waals surface area contributed by atoms with Gasteiger partial charge in [0, 0.05) is 18.2 Å². The molecule has 2 atom stereocenters. The molecule has 0 radical (unpaired) electrons. The molecule has 0 aliphatic rings. The van der Waals surface area contributed by atoms with Crippen molar-refractivity contribution in [3.8, 4) is 23.0 Å². The van der Waals surface area contributed by atoms with E-state index < -0.39 is 29.3 Å². The SMILES string of the molecule is CC(O)(CO)COc1cc(O)ccc1N.CC(O)(CO)COc1cc(O)ccc1[N+](=O)[O-]. The first-order valence-corrected chi connectivity index (χ1v) is 9.28. The van der Waals surface area contributed by atoms with Gasteiger partial charge < -0.3 is 45.8 Å². The van der Waals surface area contributed by atoms with E-state index in [1.807, 2.05) is 0 Å². The third-order valence-corrected chi connectivity index (χ3v) is 3.90. The topological polar surface area (TPSA) is 209 Å². The number of ether oxygens (including phenoxy) is 2. The number of phenols is 2. The van der Waals surface area contributed by atoms with Gasteiger partial charge in [0.05, 0.1) is 23.8 Å². The Hall–Kier alpha value is -3.32. The first-order chi connectivity index (χ1) is 14.8. The van der Waals surface area contributed by atoms with Crippen molar-refractivity contribution in [2.75, 3.05) is 32.2 Å². The molecule has 12 heteroatoms. The highest BCUT2D eigenvalue weighted by atomic mass is 16.6. The third-order valence-electron chi connectivity index (χ3n) is 3.90. The number of anilines is 1. The Morgan fingerprint density at radius 3 is 1.81 bits per heavy atom. The number of nitrogen functional groups attached to an aromatic ring is 1. The lowest BCUT2D eigenvalue weighted by molar-refractivity contribution is -0.386. The predicted octanol–water partition coefficient (Wildman–Crippen LogP) is 0.519. The molecule has 2 rings (SSSR count). The first-order valence-electron chi connectivity index (χ1n) is 9.28. The number of nitrogens with two attached hydrogens (primary N) is 1. The summed E-state index contributed by atoms with van der Waals surface area (Å²) >= 11 is 0. The second kappa shape index (κ2) is 11.3. The van der Waals surface area contributed by atoms with E-state index in [4.69, 9.17) is 25.4 Å². The summed E-state index contributed by atoms with van der Waals surface area (Å²) in [7, 11) is 0. The van der Waals surface area contributed by atoms with E-state index in [9.17, 15) is 30.5 Å². The molecule has 0 saturated carbocycles. The molecule has 32 heavy (non-hydrogen) atoms. The zero-order valence-corrected chi connectivity index (χ0v) is 17.6. The molecular weight excluding hydrogens is 428 g/mol. The van der Waals surface area contributed by atoms with Crippen LogP contribution in [0, 0.1) is 10.1 Å². The van der Waals surface area contributed by atoms with Crippen LogP contribution < -0.4 is 15.2 Å². The molecule has 2 unspecified atom stereocenters. The van der Waals surface area contributed by atoms with Gasteiger partial charge in [-0.2, -0.15) is 0 Å². The van der Waals surface area contributed by atoms with E-state index in [2.05, 4.69) is 0 Å². The Morgan fingerprint density at radius 2 is 1.34 bits per heavy atom. The fourth-order valence-electron chi connectivity index (χ4n) is 1.98. The van der Waals surface area contributed by atoms with E-state index in [0.29, 0.717) is 5.69 Å². The van der Waals surface area contributed by atoms with Gasteiger partial charge in [-0.05, 0) is 32.0 Å². The number of nitro benzene ring substituents is 1. The van der Waals surface area contributed by atoms with E-state index in [0.717, 1.165) is 18.2 Å². The summed E-state index contributed by atoms with van der Waals surface area (Å²) in [5.41, 5.74) is 2.80. The van der Waals surface area contributed by atoms with Gasteiger partial charge in [-0.15, -0.1) is 0 Å². The quantitative estimate of drug-likeness (QED) is 0.120. The van der Waals surface area contributed by atoms with E-state index in [-0.39, 0.29) is 41.9 Å². The molecule has 0 saturated heterocycles. The van der Waals surface area contributed by atoms with Crippen LogP contribution in [0.1, 0.15) is 13.8 Å². The lowest BCUT2D eigenvalue weighted by Gasteiger charge is -2.21. The lowest BCUT2D eigenvalue weighted by Crippen LogP contribution is -2.36. The molecule has 12 nitrogen and oxygen atoms in total. The molecule has 2 aromatic rings. The summed E-state index contributed by atoms with van der Waals surface area (Å²) in [4.78, 5) is 9.99. The number of benzene rings is 2. The molecule has 0 amide bonds. The second-order valence-corrected chi connectivity index (χ2v) is 7.52. The van der Waals surface area contributed by atoms with Crippen LogP contribution in [-0.2, 0) is 0 Å². The highest BCUT2D eigenvalue weighted by Gasteiger charge is 2.23. The van der Waals surface area contributed by atoms with Crippen molar-refractivity contribution < 1.29 is 45.0 Å². The summed E-state index contributed by atoms with van der Waals surface area (Å²) < 4.78 is 10.2. The van der Waals surface area contributed by atoms with E-state index in [1.54, 1.807) is 0 Å². The Kier molecular flexibility index (Phi) is 9.47. The smallest absolute Gasteiger partial charge is 0.311 e. The number of hydrogen-bond donors (Lipinski definition) is 7. The van der Waals surface area contributed by atoms with Gasteiger partial charge in [-0.1, -0.05) is 0 Å². The van der Waals surface area contributed by atoms with Crippen LogP contribution in [0.25, 0.3) is 0 Å². The van der Waals surface area contributed by atoms with Gasteiger partial charge in [0.15, 0.2) is 0 Å². The van der Waals surface area contributed by atoms with Crippen LogP contribution in [0.2, 0.25) is 0 Å². The van der Waals surface area contributed by atoms with Gasteiger partial charge >= 0.3 is 5.69 Å².